The number of aromatic nitrogens is 2. The Morgan fingerprint density at radius 2 is 2.12 bits per heavy atom. The summed E-state index contributed by atoms with van der Waals surface area (Å²) < 4.78 is 5.32. The molecule has 4 rings (SSSR count). The summed E-state index contributed by atoms with van der Waals surface area (Å²) >= 11 is 0. The van der Waals surface area contributed by atoms with Crippen LogP contribution in [0.1, 0.15) is 65.1 Å². The lowest BCUT2D eigenvalue weighted by Gasteiger charge is -2.15. The van der Waals surface area contributed by atoms with Crippen LogP contribution in [0.25, 0.3) is 11.1 Å². The van der Waals surface area contributed by atoms with Gasteiger partial charge in [-0.3, -0.25) is 4.79 Å². The molecule has 1 unspecified atom stereocenters. The smallest absolute Gasteiger partial charge is 0.259 e. The number of carbonyl (C=O) groups excluding carboxylic acids is 1. The summed E-state index contributed by atoms with van der Waals surface area (Å²) in [5, 5.41) is 7.88. The van der Waals surface area contributed by atoms with E-state index in [9.17, 15) is 4.79 Å². The van der Waals surface area contributed by atoms with Gasteiger partial charge < -0.3 is 9.84 Å². The predicted molar refractivity (Wildman–Crippen MR) is 95.6 cm³/mol. The van der Waals surface area contributed by atoms with Gasteiger partial charge in [0.1, 0.15) is 0 Å². The molecule has 0 aliphatic heterocycles. The largest absolute Gasteiger partial charge is 0.345 e. The Bertz CT molecular complexity index is 959. The Morgan fingerprint density at radius 1 is 1.32 bits per heavy atom. The van der Waals surface area contributed by atoms with Gasteiger partial charge in [-0.15, -0.1) is 0 Å². The predicted octanol–water partition coefficient (Wildman–Crippen LogP) is 4.07. The summed E-state index contributed by atoms with van der Waals surface area (Å²) in [5.41, 5.74) is 5.08. The molecule has 2 aromatic heterocycles. The Morgan fingerprint density at radius 3 is 2.92 bits per heavy atom. The zero-order valence-electron chi connectivity index (χ0n) is 14.7. The molecule has 1 amide bonds. The molecule has 0 fully saturated rings. The van der Waals surface area contributed by atoms with Gasteiger partial charge >= 0.3 is 0 Å². The highest BCUT2D eigenvalue weighted by molar-refractivity contribution is 6.06. The minimum absolute atomic E-state index is 0.0505. The number of benzene rings is 1. The van der Waals surface area contributed by atoms with Crippen LogP contribution in [0, 0.1) is 6.92 Å². The van der Waals surface area contributed by atoms with Gasteiger partial charge in [-0.1, -0.05) is 43.3 Å². The van der Waals surface area contributed by atoms with E-state index in [4.69, 9.17) is 4.52 Å². The van der Waals surface area contributed by atoms with Crippen molar-refractivity contribution in [1.29, 1.82) is 0 Å². The molecule has 0 bridgehead atoms. The Hall–Kier alpha value is -2.69. The molecular formula is C20H21N3O2. The van der Waals surface area contributed by atoms with Gasteiger partial charge in [-0.2, -0.15) is 0 Å². The van der Waals surface area contributed by atoms with Gasteiger partial charge in [0.2, 0.25) is 0 Å². The minimum Gasteiger partial charge on any atom is -0.345 e. The van der Waals surface area contributed by atoms with E-state index >= 15 is 0 Å². The molecule has 0 saturated carbocycles. The quantitative estimate of drug-likeness (QED) is 0.783. The number of aryl methyl sites for hydroxylation is 2. The lowest BCUT2D eigenvalue weighted by Crippen LogP contribution is -2.27. The average molecular weight is 335 g/mol. The zero-order valence-corrected chi connectivity index (χ0v) is 14.7. The first-order valence-corrected chi connectivity index (χ1v) is 8.70. The molecule has 5 nitrogen and oxygen atoms in total. The van der Waals surface area contributed by atoms with E-state index in [2.05, 4.69) is 27.6 Å². The summed E-state index contributed by atoms with van der Waals surface area (Å²) in [6.45, 7) is 5.93. The number of carbonyl (C=O) groups is 1. The third-order valence-electron chi connectivity index (χ3n) is 4.91. The van der Waals surface area contributed by atoms with Crippen molar-refractivity contribution in [3.63, 3.8) is 0 Å². The summed E-state index contributed by atoms with van der Waals surface area (Å²) in [5.74, 6) is 0.107. The number of nitrogens with zero attached hydrogens (tertiary/aromatic N) is 2. The summed E-state index contributed by atoms with van der Waals surface area (Å²) in [6, 6.07) is 10.2. The molecule has 0 radical (unpaired) electrons. The van der Waals surface area contributed by atoms with Crippen LogP contribution in [0.2, 0.25) is 0 Å². The highest BCUT2D eigenvalue weighted by Crippen LogP contribution is 2.32. The molecule has 1 aliphatic carbocycles. The summed E-state index contributed by atoms with van der Waals surface area (Å²) in [7, 11) is 0. The lowest BCUT2D eigenvalue weighted by atomic mass is 10.0. The second-order valence-corrected chi connectivity index (χ2v) is 6.96. The highest BCUT2D eigenvalue weighted by Gasteiger charge is 2.26. The molecule has 1 aliphatic rings. The van der Waals surface area contributed by atoms with E-state index in [1.807, 2.05) is 39.0 Å². The van der Waals surface area contributed by atoms with Crippen molar-refractivity contribution in [3.8, 4) is 0 Å². The second kappa shape index (κ2) is 5.99. The van der Waals surface area contributed by atoms with Gasteiger partial charge in [0.25, 0.3) is 11.6 Å². The fraction of sp³-hybridized carbons (Fsp3) is 0.350. The third kappa shape index (κ3) is 2.69. The summed E-state index contributed by atoms with van der Waals surface area (Å²) in [6.07, 6.45) is 1.93. The monoisotopic (exact) mass is 335 g/mol. The van der Waals surface area contributed by atoms with Gasteiger partial charge in [-0.05, 0) is 42.9 Å². The number of hydrogen-bond donors (Lipinski definition) is 1. The summed E-state index contributed by atoms with van der Waals surface area (Å²) in [4.78, 5) is 17.5. The SMILES string of the molecule is Cc1noc2nc(C(C)C)cc(C(=O)NC3CCc4ccccc43)c12. The van der Waals surface area contributed by atoms with Crippen LogP contribution in [-0.4, -0.2) is 16.0 Å². The Balaban J connectivity index is 1.72. The highest BCUT2D eigenvalue weighted by atomic mass is 16.5. The van der Waals surface area contributed by atoms with Crippen LogP contribution in [0.15, 0.2) is 34.9 Å². The number of hydrogen-bond acceptors (Lipinski definition) is 4. The molecule has 25 heavy (non-hydrogen) atoms. The van der Waals surface area contributed by atoms with Crippen LogP contribution in [0.5, 0.6) is 0 Å². The molecule has 0 spiro atoms. The van der Waals surface area contributed by atoms with Crippen LogP contribution >= 0.6 is 0 Å². The van der Waals surface area contributed by atoms with Gasteiger partial charge in [0.15, 0.2) is 0 Å². The van der Waals surface area contributed by atoms with E-state index in [1.165, 1.54) is 11.1 Å². The standard InChI is InChI=1S/C20H21N3O2/c1-11(2)17-10-15(18-12(3)23-25-20(18)22-17)19(24)21-16-9-8-13-6-4-5-7-14(13)16/h4-7,10-11,16H,8-9H2,1-3H3,(H,21,24). The van der Waals surface area contributed by atoms with Crippen molar-refractivity contribution in [1.82, 2.24) is 15.5 Å². The van der Waals surface area contributed by atoms with Crippen molar-refractivity contribution in [2.24, 2.45) is 0 Å². The van der Waals surface area contributed by atoms with Gasteiger partial charge in [-0.25, -0.2) is 4.98 Å². The molecule has 0 saturated heterocycles. The molecule has 5 heteroatoms. The maximum absolute atomic E-state index is 13.0. The second-order valence-electron chi connectivity index (χ2n) is 6.96. The fourth-order valence-electron chi connectivity index (χ4n) is 3.53. The van der Waals surface area contributed by atoms with Crippen LogP contribution in [-0.2, 0) is 6.42 Å². The number of pyridine rings is 1. The van der Waals surface area contributed by atoms with Crippen molar-refractivity contribution in [2.75, 3.05) is 0 Å². The number of nitrogens with one attached hydrogen (secondary N) is 1. The molecular weight excluding hydrogens is 314 g/mol. The molecule has 128 valence electrons. The molecule has 1 atom stereocenters. The van der Waals surface area contributed by atoms with E-state index < -0.39 is 0 Å². The van der Waals surface area contributed by atoms with Crippen molar-refractivity contribution < 1.29 is 9.32 Å². The third-order valence-corrected chi connectivity index (χ3v) is 4.91. The van der Waals surface area contributed by atoms with Crippen LogP contribution in [0.4, 0.5) is 0 Å². The van der Waals surface area contributed by atoms with Crippen molar-refractivity contribution in [3.05, 3.63) is 58.4 Å². The maximum atomic E-state index is 13.0. The van der Waals surface area contributed by atoms with Crippen LogP contribution in [0.3, 0.4) is 0 Å². The van der Waals surface area contributed by atoms with E-state index in [-0.39, 0.29) is 17.9 Å². The Kier molecular flexibility index (Phi) is 3.79. The lowest BCUT2D eigenvalue weighted by molar-refractivity contribution is 0.0938. The van der Waals surface area contributed by atoms with Gasteiger partial charge in [0, 0.05) is 5.69 Å². The molecule has 1 aromatic carbocycles. The zero-order chi connectivity index (χ0) is 17.6. The number of amides is 1. The van der Waals surface area contributed by atoms with Crippen molar-refractivity contribution >= 4 is 17.0 Å². The van der Waals surface area contributed by atoms with E-state index in [0.29, 0.717) is 22.4 Å². The van der Waals surface area contributed by atoms with Gasteiger partial charge in [0.05, 0.1) is 22.7 Å². The van der Waals surface area contributed by atoms with Crippen molar-refractivity contribution in [2.45, 2.75) is 45.6 Å². The van der Waals surface area contributed by atoms with E-state index in [1.54, 1.807) is 0 Å². The molecule has 2 heterocycles. The minimum atomic E-state index is -0.0951. The topological polar surface area (TPSA) is 68.0 Å². The van der Waals surface area contributed by atoms with E-state index in [0.717, 1.165) is 18.5 Å². The molecule has 3 aromatic rings. The first kappa shape index (κ1) is 15.8. The Labute approximate surface area is 146 Å². The fourth-order valence-corrected chi connectivity index (χ4v) is 3.53. The average Bonchev–Trinajstić information content (AvgIpc) is 3.18. The number of fused-ring (bicyclic) bond motifs is 2. The number of rotatable bonds is 3. The molecule has 1 N–H and O–H groups in total. The maximum Gasteiger partial charge on any atom is 0.259 e. The van der Waals surface area contributed by atoms with Crippen LogP contribution < -0.4 is 5.32 Å². The first-order chi connectivity index (χ1) is 12.0. The first-order valence-electron chi connectivity index (χ1n) is 8.70. The normalized spacial score (nSPS) is 16.4.